The third kappa shape index (κ3) is 5.95. The summed E-state index contributed by atoms with van der Waals surface area (Å²) in [5.74, 6) is 0.161. The molecule has 0 saturated heterocycles. The lowest BCUT2D eigenvalue weighted by Crippen LogP contribution is -2.48. The van der Waals surface area contributed by atoms with E-state index in [4.69, 9.17) is 16.3 Å². The van der Waals surface area contributed by atoms with Gasteiger partial charge >= 0.3 is 0 Å². The number of benzene rings is 2. The number of hydrogen-bond donors (Lipinski definition) is 2. The molecule has 6 nitrogen and oxygen atoms in total. The fourth-order valence-corrected chi connectivity index (χ4v) is 3.98. The standard InChI is InChI=1S/C20H25ClN2O4S/c1-14-5-6-15(2)18(13-14)28(25,26)23-12-11-22-19(24)20(3,4)27-17-9-7-16(21)8-10-17/h5-10,13,23H,11-12H2,1-4H3,(H,22,24). The van der Waals surface area contributed by atoms with E-state index in [0.717, 1.165) is 5.56 Å². The Bertz CT molecular complexity index is 941. The molecular weight excluding hydrogens is 400 g/mol. The van der Waals surface area contributed by atoms with Crippen LogP contribution in [0.25, 0.3) is 0 Å². The van der Waals surface area contributed by atoms with E-state index in [-0.39, 0.29) is 23.9 Å². The second-order valence-corrected chi connectivity index (χ2v) is 9.16. The zero-order valence-electron chi connectivity index (χ0n) is 16.4. The largest absolute Gasteiger partial charge is 0.478 e. The van der Waals surface area contributed by atoms with Crippen LogP contribution in [0.5, 0.6) is 5.75 Å². The lowest BCUT2D eigenvalue weighted by atomic mass is 10.1. The van der Waals surface area contributed by atoms with Crippen LogP contribution in [-0.2, 0) is 14.8 Å². The van der Waals surface area contributed by atoms with Crippen molar-refractivity contribution in [3.05, 3.63) is 58.6 Å². The predicted octanol–water partition coefficient (Wildman–Crippen LogP) is 3.21. The molecule has 0 atom stereocenters. The van der Waals surface area contributed by atoms with E-state index in [1.54, 1.807) is 57.2 Å². The third-order valence-corrected chi connectivity index (χ3v) is 5.92. The van der Waals surface area contributed by atoms with Crippen molar-refractivity contribution in [3.63, 3.8) is 0 Å². The van der Waals surface area contributed by atoms with Crippen LogP contribution in [0.1, 0.15) is 25.0 Å². The smallest absolute Gasteiger partial charge is 0.263 e. The van der Waals surface area contributed by atoms with Crippen molar-refractivity contribution in [2.24, 2.45) is 0 Å². The third-order valence-electron chi connectivity index (χ3n) is 4.07. The van der Waals surface area contributed by atoms with Crippen LogP contribution in [0.3, 0.4) is 0 Å². The first-order valence-electron chi connectivity index (χ1n) is 8.81. The normalized spacial score (nSPS) is 11.9. The molecule has 2 N–H and O–H groups in total. The zero-order chi connectivity index (χ0) is 20.9. The lowest BCUT2D eigenvalue weighted by Gasteiger charge is -2.25. The molecule has 2 rings (SSSR count). The number of carbonyl (C=O) groups is 1. The Labute approximate surface area is 171 Å². The van der Waals surface area contributed by atoms with E-state index in [1.807, 2.05) is 13.0 Å². The fraction of sp³-hybridized carbons (Fsp3) is 0.350. The van der Waals surface area contributed by atoms with E-state index in [9.17, 15) is 13.2 Å². The summed E-state index contributed by atoms with van der Waals surface area (Å²) >= 11 is 5.84. The summed E-state index contributed by atoms with van der Waals surface area (Å²) in [6, 6.07) is 11.9. The van der Waals surface area contributed by atoms with Gasteiger partial charge in [0.25, 0.3) is 5.91 Å². The minimum Gasteiger partial charge on any atom is -0.478 e. The number of amides is 1. The molecule has 2 aromatic rings. The van der Waals surface area contributed by atoms with Gasteiger partial charge in [-0.2, -0.15) is 0 Å². The number of sulfonamides is 1. The van der Waals surface area contributed by atoms with Gasteiger partial charge < -0.3 is 10.1 Å². The molecule has 0 heterocycles. The first-order valence-corrected chi connectivity index (χ1v) is 10.7. The first kappa shape index (κ1) is 22.2. The van der Waals surface area contributed by atoms with Crippen molar-refractivity contribution in [2.45, 2.75) is 38.2 Å². The minimum atomic E-state index is -3.64. The van der Waals surface area contributed by atoms with Gasteiger partial charge in [-0.1, -0.05) is 23.7 Å². The van der Waals surface area contributed by atoms with Gasteiger partial charge in [-0.3, -0.25) is 4.79 Å². The summed E-state index contributed by atoms with van der Waals surface area (Å²) < 4.78 is 33.1. The molecule has 0 radical (unpaired) electrons. The average molecular weight is 425 g/mol. The van der Waals surface area contributed by atoms with Crippen LogP contribution in [-0.4, -0.2) is 33.0 Å². The van der Waals surface area contributed by atoms with Gasteiger partial charge in [-0.15, -0.1) is 0 Å². The molecule has 0 aromatic heterocycles. The number of halogens is 1. The quantitative estimate of drug-likeness (QED) is 0.637. The number of aryl methyl sites for hydroxylation is 2. The monoisotopic (exact) mass is 424 g/mol. The fourth-order valence-electron chi connectivity index (χ4n) is 2.49. The van der Waals surface area contributed by atoms with E-state index in [0.29, 0.717) is 16.3 Å². The second kappa shape index (κ2) is 8.94. The van der Waals surface area contributed by atoms with E-state index >= 15 is 0 Å². The van der Waals surface area contributed by atoms with Crippen LogP contribution in [0.2, 0.25) is 5.02 Å². The zero-order valence-corrected chi connectivity index (χ0v) is 17.9. The molecule has 8 heteroatoms. The maximum absolute atomic E-state index is 12.5. The number of carbonyl (C=O) groups excluding carboxylic acids is 1. The second-order valence-electron chi connectivity index (χ2n) is 6.99. The number of nitrogens with one attached hydrogen (secondary N) is 2. The highest BCUT2D eigenvalue weighted by Gasteiger charge is 2.29. The van der Waals surface area contributed by atoms with E-state index in [1.165, 1.54) is 0 Å². The van der Waals surface area contributed by atoms with Crippen molar-refractivity contribution in [2.75, 3.05) is 13.1 Å². The Hall–Kier alpha value is -2.09. The van der Waals surface area contributed by atoms with Gasteiger partial charge in [0.1, 0.15) is 5.75 Å². The molecule has 1 amide bonds. The molecule has 0 spiro atoms. The number of ether oxygens (including phenoxy) is 1. The van der Waals surface area contributed by atoms with Gasteiger partial charge in [0.05, 0.1) is 4.90 Å². The van der Waals surface area contributed by atoms with Crippen molar-refractivity contribution >= 4 is 27.5 Å². The Kier molecular flexibility index (Phi) is 7.09. The van der Waals surface area contributed by atoms with E-state index in [2.05, 4.69) is 10.0 Å². The SMILES string of the molecule is Cc1ccc(C)c(S(=O)(=O)NCCNC(=O)C(C)(C)Oc2ccc(Cl)cc2)c1. The topological polar surface area (TPSA) is 84.5 Å². The summed E-state index contributed by atoms with van der Waals surface area (Å²) in [6.07, 6.45) is 0. The van der Waals surface area contributed by atoms with Crippen LogP contribution in [0.4, 0.5) is 0 Å². The number of rotatable bonds is 8. The van der Waals surface area contributed by atoms with Crippen molar-refractivity contribution in [3.8, 4) is 5.75 Å². The molecule has 28 heavy (non-hydrogen) atoms. The molecule has 0 saturated carbocycles. The van der Waals surface area contributed by atoms with Gasteiger partial charge in [0, 0.05) is 18.1 Å². The van der Waals surface area contributed by atoms with Crippen molar-refractivity contribution in [1.82, 2.24) is 10.0 Å². The molecule has 152 valence electrons. The molecule has 0 bridgehead atoms. The molecule has 0 aliphatic heterocycles. The minimum absolute atomic E-state index is 0.0679. The maximum atomic E-state index is 12.5. The molecule has 0 aliphatic rings. The van der Waals surface area contributed by atoms with Gasteiger partial charge in [-0.25, -0.2) is 13.1 Å². The van der Waals surface area contributed by atoms with Crippen LogP contribution in [0.15, 0.2) is 47.4 Å². The Balaban J connectivity index is 1.88. The first-order chi connectivity index (χ1) is 13.0. The van der Waals surface area contributed by atoms with Crippen LogP contribution >= 0.6 is 11.6 Å². The Morgan fingerprint density at radius 3 is 2.36 bits per heavy atom. The Morgan fingerprint density at radius 1 is 1.07 bits per heavy atom. The summed E-state index contributed by atoms with van der Waals surface area (Å²) in [6.45, 7) is 7.05. The molecule has 0 unspecified atom stereocenters. The van der Waals surface area contributed by atoms with E-state index < -0.39 is 15.6 Å². The summed E-state index contributed by atoms with van der Waals surface area (Å²) in [5.41, 5.74) is 0.403. The van der Waals surface area contributed by atoms with Crippen LogP contribution in [0, 0.1) is 13.8 Å². The molecule has 2 aromatic carbocycles. The van der Waals surface area contributed by atoms with Gasteiger partial charge in [0.2, 0.25) is 10.0 Å². The highest BCUT2D eigenvalue weighted by atomic mass is 35.5. The van der Waals surface area contributed by atoms with Gasteiger partial charge in [-0.05, 0) is 69.2 Å². The summed E-state index contributed by atoms with van der Waals surface area (Å²) in [4.78, 5) is 12.6. The Morgan fingerprint density at radius 2 is 1.71 bits per heavy atom. The van der Waals surface area contributed by atoms with Crippen LogP contribution < -0.4 is 14.8 Å². The highest BCUT2D eigenvalue weighted by Crippen LogP contribution is 2.21. The van der Waals surface area contributed by atoms with Gasteiger partial charge in [0.15, 0.2) is 5.60 Å². The molecule has 0 fully saturated rings. The molecule has 0 aliphatic carbocycles. The molecular formula is C20H25ClN2O4S. The maximum Gasteiger partial charge on any atom is 0.263 e. The summed E-state index contributed by atoms with van der Waals surface area (Å²) in [7, 11) is -3.64. The number of hydrogen-bond acceptors (Lipinski definition) is 4. The predicted molar refractivity (Wildman–Crippen MR) is 110 cm³/mol. The van der Waals surface area contributed by atoms with Crippen molar-refractivity contribution < 1.29 is 17.9 Å². The summed E-state index contributed by atoms with van der Waals surface area (Å²) in [5, 5.41) is 3.26. The lowest BCUT2D eigenvalue weighted by molar-refractivity contribution is -0.134. The van der Waals surface area contributed by atoms with Crippen molar-refractivity contribution in [1.29, 1.82) is 0 Å². The highest BCUT2D eigenvalue weighted by molar-refractivity contribution is 7.89. The average Bonchev–Trinajstić information content (AvgIpc) is 2.62.